The van der Waals surface area contributed by atoms with Gasteiger partial charge in [-0.2, -0.15) is 5.21 Å². The summed E-state index contributed by atoms with van der Waals surface area (Å²) in [5.41, 5.74) is 16.9. The predicted molar refractivity (Wildman–Crippen MR) is 189 cm³/mol. The average Bonchev–Trinajstić information content (AvgIpc) is 3.81. The van der Waals surface area contributed by atoms with E-state index in [9.17, 15) is 19.2 Å². The third-order valence-electron chi connectivity index (χ3n) is 9.41. The molecule has 7 N–H and O–H groups in total. The molecule has 4 aromatic rings. The first-order valence-corrected chi connectivity index (χ1v) is 16.5. The number of nitrogens with one attached hydrogen (secondary N) is 3. The van der Waals surface area contributed by atoms with Crippen LogP contribution in [-0.2, 0) is 20.8 Å². The number of carbonyl (C=O) groups excluding carboxylic acids is 4. The van der Waals surface area contributed by atoms with Gasteiger partial charge in [-0.05, 0) is 105 Å². The summed E-state index contributed by atoms with van der Waals surface area (Å²) < 4.78 is 0. The van der Waals surface area contributed by atoms with Crippen molar-refractivity contribution in [3.63, 3.8) is 0 Å². The topological polar surface area (TPSA) is 215 Å². The summed E-state index contributed by atoms with van der Waals surface area (Å²) in [7, 11) is 0. The molecule has 2 aliphatic rings. The van der Waals surface area contributed by atoms with Crippen molar-refractivity contribution in [2.24, 2.45) is 23.3 Å². The zero-order valence-corrected chi connectivity index (χ0v) is 28.5. The van der Waals surface area contributed by atoms with E-state index in [0.717, 1.165) is 29.5 Å². The molecule has 15 heteroatoms. The Bertz CT molecular complexity index is 1810. The van der Waals surface area contributed by atoms with Gasteiger partial charge in [0.25, 0.3) is 11.8 Å². The maximum Gasteiger partial charge on any atom is 0.270 e. The summed E-state index contributed by atoms with van der Waals surface area (Å²) in [4.78, 5) is 58.1. The fourth-order valence-corrected chi connectivity index (χ4v) is 6.52. The molecule has 1 saturated heterocycles. The summed E-state index contributed by atoms with van der Waals surface area (Å²) in [6.45, 7) is 2.94. The third-order valence-corrected chi connectivity index (χ3v) is 9.41. The maximum absolute atomic E-state index is 14.0. The number of nitrogens with two attached hydrogens (primary N) is 2. The van der Waals surface area contributed by atoms with E-state index in [0.29, 0.717) is 61.0 Å². The number of imide groups is 1. The number of carbonyl (C=O) groups is 4. The number of aromatic amines is 1. The molecular formula is C35H41ClN10O4. The number of nitrogens with zero attached hydrogens (tertiary/aromatic N) is 5. The number of hydrogen-bond donors (Lipinski definition) is 5. The van der Waals surface area contributed by atoms with Gasteiger partial charge >= 0.3 is 0 Å². The van der Waals surface area contributed by atoms with Gasteiger partial charge in [-0.3, -0.25) is 19.2 Å². The van der Waals surface area contributed by atoms with Crippen molar-refractivity contribution in [1.29, 1.82) is 0 Å². The molecule has 2 atom stereocenters. The van der Waals surface area contributed by atoms with Crippen molar-refractivity contribution >= 4 is 41.7 Å². The van der Waals surface area contributed by atoms with Crippen LogP contribution in [0, 0.1) is 18.8 Å². The predicted octanol–water partition coefficient (Wildman–Crippen LogP) is 2.47. The molecule has 2 aromatic carbocycles. The zero-order valence-electron chi connectivity index (χ0n) is 27.7. The lowest BCUT2D eigenvalue weighted by atomic mass is 9.81. The van der Waals surface area contributed by atoms with E-state index >= 15 is 0 Å². The second-order valence-corrected chi connectivity index (χ2v) is 12.7. The van der Waals surface area contributed by atoms with E-state index in [1.807, 2.05) is 37.3 Å². The molecule has 262 valence electrons. The number of tetrazole rings is 1. The molecule has 1 aliphatic heterocycles. The van der Waals surface area contributed by atoms with E-state index in [4.69, 9.17) is 11.5 Å². The van der Waals surface area contributed by atoms with Gasteiger partial charge in [0.2, 0.25) is 17.6 Å². The molecule has 1 aliphatic carbocycles. The lowest BCUT2D eigenvalue weighted by molar-refractivity contribution is -0.130. The van der Waals surface area contributed by atoms with Gasteiger partial charge in [0, 0.05) is 29.3 Å². The summed E-state index contributed by atoms with van der Waals surface area (Å²) >= 11 is 0. The highest BCUT2D eigenvalue weighted by Crippen LogP contribution is 2.32. The van der Waals surface area contributed by atoms with Crippen LogP contribution in [0.1, 0.15) is 53.8 Å². The Kier molecular flexibility index (Phi) is 11.7. The van der Waals surface area contributed by atoms with Crippen molar-refractivity contribution in [3.8, 4) is 22.5 Å². The molecule has 0 spiro atoms. The highest BCUT2D eigenvalue weighted by Gasteiger charge is 2.35. The van der Waals surface area contributed by atoms with Gasteiger partial charge in [-0.15, -0.1) is 22.6 Å². The molecule has 0 radical (unpaired) electrons. The molecule has 2 fully saturated rings. The van der Waals surface area contributed by atoms with Gasteiger partial charge in [-0.25, -0.2) is 9.88 Å². The average molecular weight is 701 g/mol. The van der Waals surface area contributed by atoms with Gasteiger partial charge in [0.05, 0.1) is 11.7 Å². The maximum atomic E-state index is 14.0. The minimum Gasteiger partial charge on any atom is -0.354 e. The van der Waals surface area contributed by atoms with E-state index in [2.05, 4.69) is 36.2 Å². The largest absolute Gasteiger partial charge is 0.354 e. The fraction of sp³-hybridized carbons (Fsp3) is 0.371. The van der Waals surface area contributed by atoms with Crippen LogP contribution < -0.4 is 27.0 Å². The van der Waals surface area contributed by atoms with Gasteiger partial charge in [0.1, 0.15) is 11.7 Å². The first kappa shape index (κ1) is 36.2. The van der Waals surface area contributed by atoms with Crippen LogP contribution >= 0.6 is 12.4 Å². The van der Waals surface area contributed by atoms with E-state index < -0.39 is 23.9 Å². The summed E-state index contributed by atoms with van der Waals surface area (Å²) in [6, 6.07) is 16.4. The van der Waals surface area contributed by atoms with E-state index in [-0.39, 0.29) is 42.3 Å². The number of anilines is 1. The van der Waals surface area contributed by atoms with E-state index in [1.165, 1.54) is 4.90 Å². The minimum absolute atomic E-state index is 0. The number of hydrogen-bond acceptors (Lipinski definition) is 10. The van der Waals surface area contributed by atoms with Crippen molar-refractivity contribution < 1.29 is 19.2 Å². The number of halogens is 1. The van der Waals surface area contributed by atoms with Crippen molar-refractivity contribution in [2.45, 2.75) is 57.5 Å². The summed E-state index contributed by atoms with van der Waals surface area (Å²) in [5.74, 6) is -0.843. The SMILES string of the molecule is Cc1nc(C(=O)N[C@@H]2CCNC2=O)ccc1-c1ccc(C[C@H](N)C(=O)N(c2ccc(-c3nn[nH]n3)cc2)C(=O)[C@H]2CC[C@H](CN)CC2)cc1.Cl. The van der Waals surface area contributed by atoms with Crippen molar-refractivity contribution in [1.82, 2.24) is 36.2 Å². The molecule has 6 rings (SSSR count). The first-order chi connectivity index (χ1) is 23.7. The van der Waals surface area contributed by atoms with Crippen molar-refractivity contribution in [2.75, 3.05) is 18.0 Å². The minimum atomic E-state index is -0.977. The van der Waals surface area contributed by atoms with Gasteiger partial charge < -0.3 is 22.1 Å². The normalized spacial score (nSPS) is 19.2. The van der Waals surface area contributed by atoms with Crippen LogP contribution in [0.2, 0.25) is 0 Å². The lowest BCUT2D eigenvalue weighted by Crippen LogP contribution is -2.50. The van der Waals surface area contributed by atoms with Crippen LogP contribution in [0.25, 0.3) is 22.5 Å². The number of pyridine rings is 1. The lowest BCUT2D eigenvalue weighted by Gasteiger charge is -2.32. The molecule has 1 saturated carbocycles. The highest BCUT2D eigenvalue weighted by atomic mass is 35.5. The molecule has 0 bridgehead atoms. The number of benzene rings is 2. The Morgan fingerprint density at radius 3 is 2.26 bits per heavy atom. The third kappa shape index (κ3) is 8.04. The Hall–Kier alpha value is -5.05. The molecule has 4 amide bonds. The number of amides is 4. The van der Waals surface area contributed by atoms with Gasteiger partial charge in [-0.1, -0.05) is 30.3 Å². The molecular weight excluding hydrogens is 660 g/mol. The summed E-state index contributed by atoms with van der Waals surface area (Å²) in [6.07, 6.45) is 3.78. The smallest absolute Gasteiger partial charge is 0.270 e. The second-order valence-electron chi connectivity index (χ2n) is 12.7. The Morgan fingerprint density at radius 1 is 0.960 bits per heavy atom. The second kappa shape index (κ2) is 16.1. The molecule has 0 unspecified atom stereocenters. The fourth-order valence-electron chi connectivity index (χ4n) is 6.52. The number of rotatable bonds is 10. The number of aryl methyl sites for hydroxylation is 1. The van der Waals surface area contributed by atoms with Crippen LogP contribution in [-0.4, -0.2) is 74.4 Å². The number of aromatic nitrogens is 5. The highest BCUT2D eigenvalue weighted by molar-refractivity contribution is 6.17. The Labute approximate surface area is 295 Å². The molecule has 3 heterocycles. The van der Waals surface area contributed by atoms with Crippen LogP contribution in [0.4, 0.5) is 5.69 Å². The zero-order chi connectivity index (χ0) is 34.5. The van der Waals surface area contributed by atoms with Gasteiger partial charge in [0.15, 0.2) is 0 Å². The van der Waals surface area contributed by atoms with Crippen LogP contribution in [0.3, 0.4) is 0 Å². The van der Waals surface area contributed by atoms with Crippen LogP contribution in [0.15, 0.2) is 60.7 Å². The quantitative estimate of drug-likeness (QED) is 0.163. The molecule has 14 nitrogen and oxygen atoms in total. The van der Waals surface area contributed by atoms with E-state index in [1.54, 1.807) is 30.3 Å². The number of H-pyrrole nitrogens is 1. The van der Waals surface area contributed by atoms with Crippen molar-refractivity contribution in [3.05, 3.63) is 77.6 Å². The monoisotopic (exact) mass is 700 g/mol. The Morgan fingerprint density at radius 2 is 1.66 bits per heavy atom. The standard InChI is InChI=1S/C35H40N10O4.ClH/c1-20-27(14-15-29(39-20)33(47)40-30-16-17-38-32(30)46)23-6-2-21(3-7-23)18-28(37)35(49)45(34(48)25-8-4-22(19-36)5-9-25)26-12-10-24(11-13-26)31-41-43-44-42-31;/h2-3,6-7,10-15,22,25,28,30H,4-5,8-9,16-19,36-37H2,1H3,(H,38,46)(H,40,47)(H,41,42,43,44);1H/t22-,25-,28-,30+;/m0./s1. The Balaban J connectivity index is 0.00000486. The first-order valence-electron chi connectivity index (χ1n) is 16.5. The van der Waals surface area contributed by atoms with Crippen LogP contribution in [0.5, 0.6) is 0 Å². The molecule has 2 aromatic heterocycles. The summed E-state index contributed by atoms with van der Waals surface area (Å²) in [5, 5.41) is 19.4. The molecule has 50 heavy (non-hydrogen) atoms.